The Bertz CT molecular complexity index is 225. The van der Waals surface area contributed by atoms with Crippen molar-refractivity contribution in [2.24, 2.45) is 0 Å². The Hall–Kier alpha value is -1.10. The smallest absolute Gasteiger partial charge is 0.305 e. The Labute approximate surface area is 102 Å². The van der Waals surface area contributed by atoms with E-state index in [4.69, 9.17) is 14.9 Å². The van der Waals surface area contributed by atoms with Crippen LogP contribution in [-0.2, 0) is 14.3 Å². The molecule has 0 amide bonds. The lowest BCUT2D eigenvalue weighted by molar-refractivity contribution is -0.146. The highest BCUT2D eigenvalue weighted by molar-refractivity contribution is 5.69. The summed E-state index contributed by atoms with van der Waals surface area (Å²) in [7, 11) is 0. The zero-order valence-electron chi connectivity index (χ0n) is 10.4. The Morgan fingerprint density at radius 2 is 1.59 bits per heavy atom. The number of aliphatic hydroxyl groups is 1. The number of carbonyl (C=O) groups excluding carboxylic acids is 1. The van der Waals surface area contributed by atoms with Gasteiger partial charge in [-0.25, -0.2) is 0 Å². The molecule has 0 aromatic heterocycles. The van der Waals surface area contributed by atoms with Crippen LogP contribution in [0.1, 0.15) is 51.9 Å². The Morgan fingerprint density at radius 3 is 2.12 bits per heavy atom. The Kier molecular flexibility index (Phi) is 9.43. The molecule has 0 fully saturated rings. The average molecular weight is 246 g/mol. The number of aliphatic hydroxyl groups excluding tert-OH is 1. The van der Waals surface area contributed by atoms with Crippen LogP contribution in [0.4, 0.5) is 0 Å². The molecule has 5 nitrogen and oxygen atoms in total. The summed E-state index contributed by atoms with van der Waals surface area (Å²) >= 11 is 0. The first-order valence-electron chi connectivity index (χ1n) is 6.08. The number of carboxylic acid groups (broad SMARTS) is 1. The molecular formula is C12H22O5. The molecule has 17 heavy (non-hydrogen) atoms. The van der Waals surface area contributed by atoms with Crippen LogP contribution in [0.25, 0.3) is 0 Å². The maximum Gasteiger partial charge on any atom is 0.305 e. The van der Waals surface area contributed by atoms with Crippen molar-refractivity contribution in [1.29, 1.82) is 0 Å². The van der Waals surface area contributed by atoms with Gasteiger partial charge in [-0.1, -0.05) is 19.3 Å². The molecule has 0 aromatic carbocycles. The van der Waals surface area contributed by atoms with E-state index in [0.717, 1.165) is 25.7 Å². The molecule has 2 N–H and O–H groups in total. The molecule has 0 aliphatic rings. The third kappa shape index (κ3) is 12.8. The van der Waals surface area contributed by atoms with Crippen LogP contribution in [0, 0.1) is 0 Å². The number of unbranched alkanes of at least 4 members (excludes halogenated alkanes) is 4. The van der Waals surface area contributed by atoms with Gasteiger partial charge >= 0.3 is 11.9 Å². The van der Waals surface area contributed by atoms with Crippen molar-refractivity contribution in [2.45, 2.75) is 58.0 Å². The molecule has 1 unspecified atom stereocenters. The summed E-state index contributed by atoms with van der Waals surface area (Å²) in [6.45, 7) is 1.62. The Balaban J connectivity index is 3.22. The van der Waals surface area contributed by atoms with Crippen molar-refractivity contribution >= 4 is 11.9 Å². The highest BCUT2D eigenvalue weighted by atomic mass is 16.5. The number of carbonyl (C=O) groups is 2. The summed E-state index contributed by atoms with van der Waals surface area (Å²) in [5, 5.41) is 17.3. The summed E-state index contributed by atoms with van der Waals surface area (Å²) in [5.41, 5.74) is 0. The molecule has 0 saturated heterocycles. The van der Waals surface area contributed by atoms with E-state index in [0.29, 0.717) is 12.8 Å². The normalized spacial score (nSPS) is 12.1. The molecule has 0 spiro atoms. The molecule has 0 aliphatic carbocycles. The van der Waals surface area contributed by atoms with Gasteiger partial charge in [0.15, 0.2) is 0 Å². The maximum absolute atomic E-state index is 11.1. The van der Waals surface area contributed by atoms with E-state index in [-0.39, 0.29) is 19.0 Å². The fourth-order valence-corrected chi connectivity index (χ4v) is 1.36. The van der Waals surface area contributed by atoms with Gasteiger partial charge in [-0.05, 0) is 19.8 Å². The summed E-state index contributed by atoms with van der Waals surface area (Å²) in [6, 6.07) is 0. The van der Waals surface area contributed by atoms with Crippen LogP contribution in [-0.4, -0.2) is 34.9 Å². The van der Waals surface area contributed by atoms with E-state index in [9.17, 15) is 9.59 Å². The predicted molar refractivity (Wildman–Crippen MR) is 62.6 cm³/mol. The standard InChI is InChI=1S/C12H22O5/c1-10(13)9-17-12(16)8-6-4-2-3-5-7-11(14)15/h10,13H,2-9H2,1H3,(H,14,15). The van der Waals surface area contributed by atoms with Crippen LogP contribution in [0.2, 0.25) is 0 Å². The first-order chi connectivity index (χ1) is 8.02. The van der Waals surface area contributed by atoms with Gasteiger partial charge in [-0.2, -0.15) is 0 Å². The molecule has 0 aromatic rings. The number of esters is 1. The molecule has 0 radical (unpaired) electrons. The van der Waals surface area contributed by atoms with Crippen LogP contribution in [0.5, 0.6) is 0 Å². The van der Waals surface area contributed by atoms with Gasteiger partial charge in [-0.15, -0.1) is 0 Å². The van der Waals surface area contributed by atoms with Crippen LogP contribution in [0.3, 0.4) is 0 Å². The van der Waals surface area contributed by atoms with Gasteiger partial charge in [0.25, 0.3) is 0 Å². The van der Waals surface area contributed by atoms with Gasteiger partial charge in [0.1, 0.15) is 6.61 Å². The minimum atomic E-state index is -0.758. The van der Waals surface area contributed by atoms with Gasteiger partial charge in [0.05, 0.1) is 6.10 Å². The number of hydrogen-bond donors (Lipinski definition) is 2. The number of ether oxygens (including phenoxy) is 1. The monoisotopic (exact) mass is 246 g/mol. The maximum atomic E-state index is 11.1. The lowest BCUT2D eigenvalue weighted by atomic mass is 10.1. The number of rotatable bonds is 10. The minimum Gasteiger partial charge on any atom is -0.481 e. The predicted octanol–water partition coefficient (Wildman–Crippen LogP) is 1.73. The molecule has 0 bridgehead atoms. The van der Waals surface area contributed by atoms with E-state index in [1.165, 1.54) is 0 Å². The Morgan fingerprint density at radius 1 is 1.06 bits per heavy atom. The molecule has 0 saturated carbocycles. The van der Waals surface area contributed by atoms with E-state index in [1.807, 2.05) is 0 Å². The van der Waals surface area contributed by atoms with Gasteiger partial charge in [0, 0.05) is 12.8 Å². The van der Waals surface area contributed by atoms with Crippen molar-refractivity contribution in [3.63, 3.8) is 0 Å². The third-order valence-electron chi connectivity index (χ3n) is 2.26. The molecule has 0 aliphatic heterocycles. The fraction of sp³-hybridized carbons (Fsp3) is 0.833. The topological polar surface area (TPSA) is 83.8 Å². The van der Waals surface area contributed by atoms with Gasteiger partial charge in [-0.3, -0.25) is 9.59 Å². The van der Waals surface area contributed by atoms with Crippen molar-refractivity contribution < 1.29 is 24.5 Å². The van der Waals surface area contributed by atoms with Crippen molar-refractivity contribution in [3.8, 4) is 0 Å². The molecule has 5 heteroatoms. The second-order valence-electron chi connectivity index (χ2n) is 4.19. The summed E-state index contributed by atoms with van der Waals surface area (Å²) in [6.07, 6.45) is 4.15. The number of aliphatic carboxylic acids is 1. The summed E-state index contributed by atoms with van der Waals surface area (Å²) < 4.78 is 4.80. The lowest BCUT2D eigenvalue weighted by Gasteiger charge is -2.06. The molecule has 1 atom stereocenters. The third-order valence-corrected chi connectivity index (χ3v) is 2.26. The zero-order valence-corrected chi connectivity index (χ0v) is 10.4. The highest BCUT2D eigenvalue weighted by Crippen LogP contribution is 2.07. The number of carboxylic acids is 1. The van der Waals surface area contributed by atoms with Crippen molar-refractivity contribution in [2.75, 3.05) is 6.61 Å². The van der Waals surface area contributed by atoms with E-state index < -0.39 is 12.1 Å². The van der Waals surface area contributed by atoms with Crippen LogP contribution < -0.4 is 0 Å². The average Bonchev–Trinajstić information content (AvgIpc) is 2.24. The van der Waals surface area contributed by atoms with E-state index >= 15 is 0 Å². The van der Waals surface area contributed by atoms with Crippen LogP contribution in [0.15, 0.2) is 0 Å². The SMILES string of the molecule is CC(O)COC(=O)CCCCCCCC(=O)O. The largest absolute Gasteiger partial charge is 0.481 e. The van der Waals surface area contributed by atoms with E-state index in [2.05, 4.69) is 0 Å². The van der Waals surface area contributed by atoms with Gasteiger partial charge in [0.2, 0.25) is 0 Å². The number of hydrogen-bond acceptors (Lipinski definition) is 4. The zero-order chi connectivity index (χ0) is 13.1. The fourth-order valence-electron chi connectivity index (χ4n) is 1.36. The van der Waals surface area contributed by atoms with Crippen molar-refractivity contribution in [3.05, 3.63) is 0 Å². The molecular weight excluding hydrogens is 224 g/mol. The minimum absolute atomic E-state index is 0.0530. The molecule has 0 heterocycles. The van der Waals surface area contributed by atoms with E-state index in [1.54, 1.807) is 6.92 Å². The molecule has 100 valence electrons. The summed E-state index contributed by atoms with van der Waals surface area (Å²) in [4.78, 5) is 21.3. The lowest BCUT2D eigenvalue weighted by Crippen LogP contribution is -2.14. The first-order valence-corrected chi connectivity index (χ1v) is 6.08. The first kappa shape index (κ1) is 15.9. The second kappa shape index (κ2) is 10.1. The van der Waals surface area contributed by atoms with Crippen LogP contribution >= 0.6 is 0 Å². The highest BCUT2D eigenvalue weighted by Gasteiger charge is 2.04. The van der Waals surface area contributed by atoms with Gasteiger partial charge < -0.3 is 14.9 Å². The quantitative estimate of drug-likeness (QED) is 0.453. The summed E-state index contributed by atoms with van der Waals surface area (Å²) in [5.74, 6) is -1.04. The molecule has 0 rings (SSSR count). The second-order valence-corrected chi connectivity index (χ2v) is 4.19. The van der Waals surface area contributed by atoms with Crippen molar-refractivity contribution in [1.82, 2.24) is 0 Å².